The highest BCUT2D eigenvalue weighted by atomic mass is 16.5. The molecule has 0 saturated heterocycles. The van der Waals surface area contributed by atoms with E-state index in [0.717, 1.165) is 33.1 Å². The van der Waals surface area contributed by atoms with E-state index in [1.807, 2.05) is 61.5 Å². The van der Waals surface area contributed by atoms with Crippen molar-refractivity contribution in [2.45, 2.75) is 19.6 Å². The molecule has 0 aliphatic heterocycles. The fourth-order valence-corrected chi connectivity index (χ4v) is 3.13. The van der Waals surface area contributed by atoms with E-state index in [1.54, 1.807) is 6.20 Å². The number of amides is 1. The van der Waals surface area contributed by atoms with Crippen molar-refractivity contribution in [3.05, 3.63) is 78.1 Å². The molecule has 5 nitrogen and oxygen atoms in total. The van der Waals surface area contributed by atoms with Gasteiger partial charge in [0.25, 0.3) is 0 Å². The van der Waals surface area contributed by atoms with Gasteiger partial charge in [-0.25, -0.2) is 4.79 Å². The van der Waals surface area contributed by atoms with Crippen LogP contribution in [0.4, 0.5) is 4.79 Å². The van der Waals surface area contributed by atoms with Crippen LogP contribution in [0.25, 0.3) is 21.8 Å². The number of aromatic nitrogens is 2. The summed E-state index contributed by atoms with van der Waals surface area (Å²) in [5.41, 5.74) is 3.72. The summed E-state index contributed by atoms with van der Waals surface area (Å²) in [5.74, 6) is 0. The van der Waals surface area contributed by atoms with Crippen molar-refractivity contribution in [2.24, 2.45) is 0 Å². The van der Waals surface area contributed by atoms with Crippen LogP contribution in [0.1, 0.15) is 24.2 Å². The van der Waals surface area contributed by atoms with Crippen molar-refractivity contribution in [1.29, 1.82) is 0 Å². The third-order valence-corrected chi connectivity index (χ3v) is 4.41. The minimum absolute atomic E-state index is 0.239. The number of carbonyl (C=O) groups excluding carboxylic acids is 1. The molecule has 0 fully saturated rings. The van der Waals surface area contributed by atoms with Crippen molar-refractivity contribution in [1.82, 2.24) is 15.3 Å². The minimum atomic E-state index is -0.462. The summed E-state index contributed by atoms with van der Waals surface area (Å²) in [4.78, 5) is 20.0. The number of aromatic amines is 1. The predicted octanol–water partition coefficient (Wildman–Crippen LogP) is 4.70. The lowest BCUT2D eigenvalue weighted by atomic mass is 10.1. The molecular formula is C21H19N3O2. The molecule has 0 unspecified atom stereocenters. The van der Waals surface area contributed by atoms with E-state index in [-0.39, 0.29) is 12.6 Å². The molecule has 26 heavy (non-hydrogen) atoms. The Hall–Kier alpha value is -3.34. The number of fused-ring (bicyclic) bond motifs is 3. The highest BCUT2D eigenvalue weighted by Crippen LogP contribution is 2.28. The largest absolute Gasteiger partial charge is 0.445 e. The molecule has 0 spiro atoms. The normalized spacial score (nSPS) is 12.2. The Labute approximate surface area is 151 Å². The SMILES string of the molecule is C[C@@H](NC(=O)OCc1ccccc1)c1nccc2c1[nH]c1ccccc12. The van der Waals surface area contributed by atoms with E-state index in [0.29, 0.717) is 0 Å². The van der Waals surface area contributed by atoms with Gasteiger partial charge < -0.3 is 15.0 Å². The summed E-state index contributed by atoms with van der Waals surface area (Å²) in [7, 11) is 0. The average Bonchev–Trinajstić information content (AvgIpc) is 3.06. The van der Waals surface area contributed by atoms with Crippen LogP contribution in [0, 0.1) is 0 Å². The van der Waals surface area contributed by atoms with Crippen LogP contribution in [-0.2, 0) is 11.3 Å². The van der Waals surface area contributed by atoms with Crippen LogP contribution in [0.5, 0.6) is 0 Å². The number of hydrogen-bond donors (Lipinski definition) is 2. The van der Waals surface area contributed by atoms with Crippen LogP contribution in [0.15, 0.2) is 66.9 Å². The lowest BCUT2D eigenvalue weighted by molar-refractivity contribution is 0.136. The second-order valence-electron chi connectivity index (χ2n) is 6.22. The predicted molar refractivity (Wildman–Crippen MR) is 102 cm³/mol. The van der Waals surface area contributed by atoms with Gasteiger partial charge in [-0.2, -0.15) is 0 Å². The number of para-hydroxylation sites is 1. The Morgan fingerprint density at radius 2 is 1.85 bits per heavy atom. The zero-order valence-electron chi connectivity index (χ0n) is 14.4. The first-order valence-corrected chi connectivity index (χ1v) is 8.55. The van der Waals surface area contributed by atoms with Crippen LogP contribution in [-0.4, -0.2) is 16.1 Å². The van der Waals surface area contributed by atoms with Gasteiger partial charge in [-0.3, -0.25) is 4.98 Å². The second kappa shape index (κ2) is 6.88. The summed E-state index contributed by atoms with van der Waals surface area (Å²) in [6.07, 6.45) is 1.31. The Kier molecular flexibility index (Phi) is 4.27. The molecule has 2 heterocycles. The molecule has 4 aromatic rings. The van der Waals surface area contributed by atoms with Crippen LogP contribution in [0.2, 0.25) is 0 Å². The summed E-state index contributed by atoms with van der Waals surface area (Å²) in [6.45, 7) is 2.14. The number of pyridine rings is 1. The van der Waals surface area contributed by atoms with Gasteiger partial charge in [0.05, 0.1) is 17.3 Å². The first kappa shape index (κ1) is 16.1. The zero-order chi connectivity index (χ0) is 17.9. The summed E-state index contributed by atoms with van der Waals surface area (Å²) in [5, 5.41) is 5.10. The van der Waals surface area contributed by atoms with Crippen LogP contribution in [0.3, 0.4) is 0 Å². The van der Waals surface area contributed by atoms with Crippen LogP contribution >= 0.6 is 0 Å². The number of rotatable bonds is 4. The molecule has 2 aromatic carbocycles. The van der Waals surface area contributed by atoms with E-state index >= 15 is 0 Å². The molecule has 0 bridgehead atoms. The number of hydrogen-bond acceptors (Lipinski definition) is 3. The molecule has 0 radical (unpaired) electrons. The molecule has 1 atom stereocenters. The average molecular weight is 345 g/mol. The highest BCUT2D eigenvalue weighted by molar-refractivity contribution is 6.07. The summed E-state index contributed by atoms with van der Waals surface area (Å²) in [6, 6.07) is 19.4. The lowest BCUT2D eigenvalue weighted by Gasteiger charge is -2.14. The van der Waals surface area contributed by atoms with Gasteiger partial charge in [0.1, 0.15) is 6.61 Å². The van der Waals surface area contributed by atoms with Gasteiger partial charge in [-0.15, -0.1) is 0 Å². The first-order valence-electron chi connectivity index (χ1n) is 8.55. The Balaban J connectivity index is 1.52. The molecule has 5 heteroatoms. The number of benzene rings is 2. The number of H-pyrrole nitrogens is 1. The monoisotopic (exact) mass is 345 g/mol. The lowest BCUT2D eigenvalue weighted by Crippen LogP contribution is -2.28. The van der Waals surface area contributed by atoms with Gasteiger partial charge in [0.2, 0.25) is 0 Å². The van der Waals surface area contributed by atoms with E-state index in [1.165, 1.54) is 0 Å². The Morgan fingerprint density at radius 1 is 1.08 bits per heavy atom. The van der Waals surface area contributed by atoms with Gasteiger partial charge in [0.15, 0.2) is 0 Å². The van der Waals surface area contributed by atoms with Gasteiger partial charge in [0, 0.05) is 22.5 Å². The summed E-state index contributed by atoms with van der Waals surface area (Å²) >= 11 is 0. The molecule has 0 saturated carbocycles. The highest BCUT2D eigenvalue weighted by Gasteiger charge is 2.17. The molecule has 1 amide bonds. The maximum atomic E-state index is 12.1. The maximum Gasteiger partial charge on any atom is 0.407 e. The molecule has 130 valence electrons. The fourth-order valence-electron chi connectivity index (χ4n) is 3.13. The molecule has 0 aliphatic carbocycles. The third kappa shape index (κ3) is 3.11. The minimum Gasteiger partial charge on any atom is -0.445 e. The number of nitrogens with zero attached hydrogens (tertiary/aromatic N) is 1. The topological polar surface area (TPSA) is 67.0 Å². The standard InChI is InChI=1S/C21H19N3O2/c1-14(23-21(25)26-13-15-7-3-2-4-8-15)19-20-17(11-12-22-19)16-9-5-6-10-18(16)24-20/h2-12,14,24H,13H2,1H3,(H,23,25)/t14-/m1/s1. The van der Waals surface area contributed by atoms with Crippen molar-refractivity contribution < 1.29 is 9.53 Å². The zero-order valence-corrected chi connectivity index (χ0v) is 14.4. The molecular weight excluding hydrogens is 326 g/mol. The quantitative estimate of drug-likeness (QED) is 0.563. The van der Waals surface area contributed by atoms with E-state index < -0.39 is 6.09 Å². The number of nitrogens with one attached hydrogen (secondary N) is 2. The molecule has 2 aromatic heterocycles. The van der Waals surface area contributed by atoms with E-state index in [4.69, 9.17) is 4.74 Å². The van der Waals surface area contributed by atoms with Crippen molar-refractivity contribution in [3.63, 3.8) is 0 Å². The maximum absolute atomic E-state index is 12.1. The van der Waals surface area contributed by atoms with Gasteiger partial charge in [-0.1, -0.05) is 48.5 Å². The summed E-state index contributed by atoms with van der Waals surface area (Å²) < 4.78 is 5.30. The van der Waals surface area contributed by atoms with Gasteiger partial charge >= 0.3 is 6.09 Å². The van der Waals surface area contributed by atoms with Crippen LogP contribution < -0.4 is 5.32 Å². The Morgan fingerprint density at radius 3 is 2.69 bits per heavy atom. The Bertz CT molecular complexity index is 1060. The molecule has 2 N–H and O–H groups in total. The smallest absolute Gasteiger partial charge is 0.407 e. The number of carbonyl (C=O) groups is 1. The molecule has 4 rings (SSSR count). The third-order valence-electron chi connectivity index (χ3n) is 4.41. The first-order chi connectivity index (χ1) is 12.7. The van der Waals surface area contributed by atoms with E-state index in [9.17, 15) is 4.79 Å². The second-order valence-corrected chi connectivity index (χ2v) is 6.22. The number of ether oxygens (including phenoxy) is 1. The fraction of sp³-hybridized carbons (Fsp3) is 0.143. The molecule has 0 aliphatic rings. The number of alkyl carbamates (subject to hydrolysis) is 1. The van der Waals surface area contributed by atoms with Gasteiger partial charge in [-0.05, 0) is 24.6 Å². The van der Waals surface area contributed by atoms with Crippen molar-refractivity contribution >= 4 is 27.9 Å². The van der Waals surface area contributed by atoms with E-state index in [2.05, 4.69) is 21.4 Å². The van der Waals surface area contributed by atoms with Crippen molar-refractivity contribution in [3.8, 4) is 0 Å². The van der Waals surface area contributed by atoms with Crippen molar-refractivity contribution in [2.75, 3.05) is 0 Å².